The van der Waals surface area contributed by atoms with Crippen molar-refractivity contribution >= 4 is 0 Å². The van der Waals surface area contributed by atoms with Crippen molar-refractivity contribution in [1.29, 1.82) is 5.26 Å². The summed E-state index contributed by atoms with van der Waals surface area (Å²) < 4.78 is 0. The first kappa shape index (κ1) is 13.8. The molecule has 2 fully saturated rings. The van der Waals surface area contributed by atoms with Crippen molar-refractivity contribution in [2.24, 2.45) is 17.3 Å². The monoisotopic (exact) mass is 249 g/mol. The maximum absolute atomic E-state index is 9.53. The van der Waals surface area contributed by atoms with E-state index in [9.17, 15) is 5.26 Å². The van der Waals surface area contributed by atoms with Crippen molar-refractivity contribution in [3.05, 3.63) is 0 Å². The molecule has 3 atom stereocenters. The predicted molar refractivity (Wildman–Crippen MR) is 74.2 cm³/mol. The van der Waals surface area contributed by atoms with Gasteiger partial charge in [-0.15, -0.1) is 0 Å². The molecule has 2 rings (SSSR count). The normalized spacial score (nSPS) is 32.1. The van der Waals surface area contributed by atoms with Crippen LogP contribution in [0.5, 0.6) is 0 Å². The van der Waals surface area contributed by atoms with Crippen molar-refractivity contribution in [2.75, 3.05) is 39.8 Å². The standard InChI is InChI=1S/C15H27N3/c1-4-6-15(5-2,11-16)12-18-9-13-7-17(3)8-14(13)10-18/h13-14H,4-10,12H2,1-3H3. The zero-order valence-corrected chi connectivity index (χ0v) is 12.2. The molecular formula is C15H27N3. The molecular weight excluding hydrogens is 222 g/mol. The van der Waals surface area contributed by atoms with Gasteiger partial charge in [0.1, 0.15) is 0 Å². The molecule has 0 spiro atoms. The van der Waals surface area contributed by atoms with Gasteiger partial charge < -0.3 is 9.80 Å². The molecule has 3 unspecified atom stereocenters. The highest BCUT2D eigenvalue weighted by atomic mass is 15.2. The van der Waals surface area contributed by atoms with Gasteiger partial charge in [-0.25, -0.2) is 0 Å². The average Bonchev–Trinajstić information content (AvgIpc) is 2.84. The van der Waals surface area contributed by atoms with Crippen molar-refractivity contribution < 1.29 is 0 Å². The number of likely N-dealkylation sites (tertiary alicyclic amines) is 2. The van der Waals surface area contributed by atoms with Crippen LogP contribution in [0.1, 0.15) is 33.1 Å². The Bertz CT molecular complexity index is 308. The molecule has 0 N–H and O–H groups in total. The summed E-state index contributed by atoms with van der Waals surface area (Å²) in [5.41, 5.74) is -0.0979. The molecule has 3 nitrogen and oxygen atoms in total. The van der Waals surface area contributed by atoms with E-state index in [0.29, 0.717) is 0 Å². The van der Waals surface area contributed by atoms with Gasteiger partial charge in [0.2, 0.25) is 0 Å². The first-order chi connectivity index (χ1) is 8.62. The fourth-order valence-corrected chi connectivity index (χ4v) is 3.90. The van der Waals surface area contributed by atoms with Crippen LogP contribution >= 0.6 is 0 Å². The molecule has 2 heterocycles. The van der Waals surface area contributed by atoms with Gasteiger partial charge in [0.15, 0.2) is 0 Å². The summed E-state index contributed by atoms with van der Waals surface area (Å²) >= 11 is 0. The third kappa shape index (κ3) is 2.70. The third-order valence-corrected chi connectivity index (χ3v) is 4.91. The lowest BCUT2D eigenvalue weighted by atomic mass is 9.82. The Labute approximate surface area is 112 Å². The number of hydrogen-bond donors (Lipinski definition) is 0. The minimum atomic E-state index is -0.0979. The van der Waals surface area contributed by atoms with Gasteiger partial charge in [0.25, 0.3) is 0 Å². The second kappa shape index (κ2) is 5.59. The van der Waals surface area contributed by atoms with Gasteiger partial charge >= 0.3 is 0 Å². The molecule has 0 aromatic carbocycles. The van der Waals surface area contributed by atoms with Crippen LogP contribution in [0.3, 0.4) is 0 Å². The highest BCUT2D eigenvalue weighted by Crippen LogP contribution is 2.35. The second-order valence-corrected chi connectivity index (χ2v) is 6.43. The predicted octanol–water partition coefficient (Wildman–Crippen LogP) is 2.20. The Kier molecular flexibility index (Phi) is 4.29. The van der Waals surface area contributed by atoms with Crippen LogP contribution in [-0.4, -0.2) is 49.6 Å². The topological polar surface area (TPSA) is 30.3 Å². The lowest BCUT2D eigenvalue weighted by molar-refractivity contribution is 0.188. The zero-order chi connectivity index (χ0) is 13.2. The largest absolute Gasteiger partial charge is 0.306 e. The van der Waals surface area contributed by atoms with Crippen LogP contribution < -0.4 is 0 Å². The van der Waals surface area contributed by atoms with Gasteiger partial charge in [-0.2, -0.15) is 5.26 Å². The van der Waals surface area contributed by atoms with E-state index in [1.165, 1.54) is 26.2 Å². The van der Waals surface area contributed by atoms with Crippen LogP contribution in [0.15, 0.2) is 0 Å². The van der Waals surface area contributed by atoms with Crippen molar-refractivity contribution in [2.45, 2.75) is 33.1 Å². The highest BCUT2D eigenvalue weighted by Gasteiger charge is 2.41. The lowest BCUT2D eigenvalue weighted by Crippen LogP contribution is -2.37. The summed E-state index contributed by atoms with van der Waals surface area (Å²) in [5, 5.41) is 9.53. The molecule has 0 radical (unpaired) electrons. The van der Waals surface area contributed by atoms with Crippen LogP contribution in [0, 0.1) is 28.6 Å². The molecule has 0 aromatic rings. The Morgan fingerprint density at radius 3 is 2.22 bits per heavy atom. The molecule has 18 heavy (non-hydrogen) atoms. The van der Waals surface area contributed by atoms with E-state index >= 15 is 0 Å². The SMILES string of the molecule is CCCC(C#N)(CC)CN1CC2CN(C)CC2C1. The molecule has 2 aliphatic rings. The van der Waals surface area contributed by atoms with E-state index in [1.807, 2.05) is 0 Å². The quantitative estimate of drug-likeness (QED) is 0.748. The van der Waals surface area contributed by atoms with Gasteiger partial charge in [-0.3, -0.25) is 0 Å². The fraction of sp³-hybridized carbons (Fsp3) is 0.933. The first-order valence-corrected chi connectivity index (χ1v) is 7.44. The molecule has 0 bridgehead atoms. The number of rotatable bonds is 5. The molecule has 2 saturated heterocycles. The Hall–Kier alpha value is -0.590. The summed E-state index contributed by atoms with van der Waals surface area (Å²) in [4.78, 5) is 5.01. The van der Waals surface area contributed by atoms with Crippen molar-refractivity contribution in [3.63, 3.8) is 0 Å². The van der Waals surface area contributed by atoms with Gasteiger partial charge in [0, 0.05) is 32.7 Å². The van der Waals surface area contributed by atoms with E-state index in [-0.39, 0.29) is 5.41 Å². The molecule has 0 saturated carbocycles. The fourth-order valence-electron chi connectivity index (χ4n) is 3.90. The Morgan fingerprint density at radius 2 is 1.78 bits per heavy atom. The van der Waals surface area contributed by atoms with E-state index in [1.54, 1.807) is 0 Å². The summed E-state index contributed by atoms with van der Waals surface area (Å²) in [6.45, 7) is 10.3. The molecule has 3 heteroatoms. The van der Waals surface area contributed by atoms with Crippen molar-refractivity contribution in [3.8, 4) is 6.07 Å². The van der Waals surface area contributed by atoms with Gasteiger partial charge in [-0.1, -0.05) is 20.3 Å². The first-order valence-electron chi connectivity index (χ1n) is 7.44. The number of nitrogens with zero attached hydrogens (tertiary/aromatic N) is 3. The zero-order valence-electron chi connectivity index (χ0n) is 12.2. The van der Waals surface area contributed by atoms with E-state index in [2.05, 4.69) is 36.8 Å². The Morgan fingerprint density at radius 1 is 1.17 bits per heavy atom. The average molecular weight is 249 g/mol. The second-order valence-electron chi connectivity index (χ2n) is 6.43. The van der Waals surface area contributed by atoms with Gasteiger partial charge in [0.05, 0.1) is 11.5 Å². The minimum Gasteiger partial charge on any atom is -0.306 e. The summed E-state index contributed by atoms with van der Waals surface area (Å²) in [6, 6.07) is 2.62. The third-order valence-electron chi connectivity index (χ3n) is 4.91. The molecule has 0 amide bonds. The van der Waals surface area contributed by atoms with Crippen LogP contribution in [0.2, 0.25) is 0 Å². The van der Waals surface area contributed by atoms with E-state index < -0.39 is 0 Å². The molecule has 2 aliphatic heterocycles. The van der Waals surface area contributed by atoms with E-state index in [4.69, 9.17) is 0 Å². The van der Waals surface area contributed by atoms with Crippen LogP contribution in [0.4, 0.5) is 0 Å². The maximum atomic E-state index is 9.53. The summed E-state index contributed by atoms with van der Waals surface area (Å²) in [5.74, 6) is 1.70. The number of fused-ring (bicyclic) bond motifs is 1. The number of nitriles is 1. The lowest BCUT2D eigenvalue weighted by Gasteiger charge is -2.30. The highest BCUT2D eigenvalue weighted by molar-refractivity contribution is 5.02. The summed E-state index contributed by atoms with van der Waals surface area (Å²) in [6.07, 6.45) is 3.15. The van der Waals surface area contributed by atoms with Crippen molar-refractivity contribution in [1.82, 2.24) is 9.80 Å². The van der Waals surface area contributed by atoms with Crippen LogP contribution in [0.25, 0.3) is 0 Å². The molecule has 102 valence electrons. The van der Waals surface area contributed by atoms with E-state index in [0.717, 1.165) is 37.6 Å². The maximum Gasteiger partial charge on any atom is 0.0703 e. The Balaban J connectivity index is 1.93. The molecule has 0 aromatic heterocycles. The summed E-state index contributed by atoms with van der Waals surface area (Å²) in [7, 11) is 2.23. The number of hydrogen-bond acceptors (Lipinski definition) is 3. The van der Waals surface area contributed by atoms with Crippen LogP contribution in [-0.2, 0) is 0 Å². The molecule has 0 aliphatic carbocycles. The van der Waals surface area contributed by atoms with Gasteiger partial charge in [-0.05, 0) is 31.7 Å². The smallest absolute Gasteiger partial charge is 0.0703 e. The minimum absolute atomic E-state index is 0.0979.